The van der Waals surface area contributed by atoms with E-state index in [0.717, 1.165) is 62.6 Å². The van der Waals surface area contributed by atoms with E-state index in [9.17, 15) is 0 Å². The first-order valence-corrected chi connectivity index (χ1v) is 20.0. The number of fused-ring (bicyclic) bond motifs is 17. The summed E-state index contributed by atoms with van der Waals surface area (Å²) in [5.74, 6) is 0.827. The van der Waals surface area contributed by atoms with Gasteiger partial charge >= 0.3 is 0 Å². The maximum Gasteiger partial charge on any atom is 0.165 e. The summed E-state index contributed by atoms with van der Waals surface area (Å²) in [6.07, 6.45) is 1.80. The zero-order valence-electron chi connectivity index (χ0n) is 30.1. The monoisotopic (exact) mass is 727 g/mol. The van der Waals surface area contributed by atoms with E-state index in [4.69, 9.17) is 9.97 Å². The van der Waals surface area contributed by atoms with Gasteiger partial charge < -0.3 is 0 Å². The highest BCUT2D eigenvalue weighted by molar-refractivity contribution is 7.25. The van der Waals surface area contributed by atoms with Gasteiger partial charge in [0.2, 0.25) is 0 Å². The fourth-order valence-corrected chi connectivity index (χ4v) is 10.7. The van der Waals surface area contributed by atoms with Crippen LogP contribution in [0, 0.1) is 12.1 Å². The van der Waals surface area contributed by atoms with Crippen molar-refractivity contribution in [3.05, 3.63) is 175 Å². The second-order valence-corrected chi connectivity index (χ2v) is 16.1. The van der Waals surface area contributed by atoms with E-state index in [1.54, 1.807) is 11.3 Å². The molecule has 258 valence electrons. The molecule has 0 spiro atoms. The van der Waals surface area contributed by atoms with Crippen LogP contribution in [-0.4, -0.2) is 14.5 Å². The van der Waals surface area contributed by atoms with Crippen LogP contribution in [0.3, 0.4) is 0 Å². The number of nitrogens with zero attached hydrogens (tertiary/aromatic N) is 3. The Morgan fingerprint density at radius 3 is 2.02 bits per heavy atom. The predicted molar refractivity (Wildman–Crippen MR) is 235 cm³/mol. The van der Waals surface area contributed by atoms with E-state index >= 15 is 0 Å². The molecule has 0 atom stereocenters. The first-order valence-electron chi connectivity index (χ1n) is 19.2. The molecule has 0 radical (unpaired) electrons. The summed E-state index contributed by atoms with van der Waals surface area (Å²) in [6, 6.07) is 62.2. The number of aryl methyl sites for hydroxylation is 1. The van der Waals surface area contributed by atoms with E-state index in [-0.39, 0.29) is 0 Å². The van der Waals surface area contributed by atoms with Gasteiger partial charge in [-0.15, -0.1) is 11.3 Å². The van der Waals surface area contributed by atoms with Crippen molar-refractivity contribution in [2.45, 2.75) is 12.8 Å². The maximum atomic E-state index is 5.64. The van der Waals surface area contributed by atoms with Gasteiger partial charge in [-0.05, 0) is 92.0 Å². The Morgan fingerprint density at radius 2 is 1.18 bits per heavy atom. The summed E-state index contributed by atoms with van der Waals surface area (Å²) in [6.45, 7) is 0. The molecule has 56 heavy (non-hydrogen) atoms. The summed E-state index contributed by atoms with van der Waals surface area (Å²) >= 11 is 1.79. The van der Waals surface area contributed by atoms with Crippen molar-refractivity contribution in [3.63, 3.8) is 0 Å². The molecule has 0 unspecified atom stereocenters. The minimum atomic E-state index is 0.812. The predicted octanol–water partition coefficient (Wildman–Crippen LogP) is 13.6. The third kappa shape index (κ3) is 4.13. The van der Waals surface area contributed by atoms with Crippen molar-refractivity contribution >= 4 is 96.5 Å². The highest BCUT2D eigenvalue weighted by Crippen LogP contribution is 2.50. The number of thiophene rings is 1. The van der Waals surface area contributed by atoms with Crippen LogP contribution in [0.5, 0.6) is 0 Å². The van der Waals surface area contributed by atoms with Gasteiger partial charge in [0.25, 0.3) is 0 Å². The van der Waals surface area contributed by atoms with Crippen LogP contribution in [-0.2, 0) is 12.8 Å². The molecule has 13 rings (SSSR count). The standard InChI is InChI=1S/C52H29N3S/c1-2-13-32-28-45-42(27-31(32)12-1)49-44(26-24-41-37-17-6-5-15-35(37)36-16-7-8-19-40(36)48(41)49)55(45)52-50(54-51-34-14-4-3-11-30(34)22-25-43(51)53-52)33-21-23-39-38-18-9-10-20-46(38)56-47(39)29-33/h1-20,22,25,27-29H,24,26H2. The fourth-order valence-electron chi connectivity index (χ4n) is 9.62. The molecular formula is C52H29N3S. The second-order valence-electron chi connectivity index (χ2n) is 15.0. The van der Waals surface area contributed by atoms with Crippen molar-refractivity contribution in [1.29, 1.82) is 0 Å². The molecule has 0 aliphatic heterocycles. The van der Waals surface area contributed by atoms with Gasteiger partial charge in [-0.25, -0.2) is 9.97 Å². The van der Waals surface area contributed by atoms with Crippen molar-refractivity contribution in [2.24, 2.45) is 0 Å². The van der Waals surface area contributed by atoms with Crippen LogP contribution < -0.4 is 0 Å². The lowest BCUT2D eigenvalue weighted by atomic mass is 9.81. The van der Waals surface area contributed by atoms with E-state index in [1.807, 2.05) is 0 Å². The number of rotatable bonds is 2. The zero-order chi connectivity index (χ0) is 36.5. The molecule has 0 saturated carbocycles. The number of benzene rings is 8. The highest BCUT2D eigenvalue weighted by Gasteiger charge is 2.31. The normalized spacial score (nSPS) is 12.7. The van der Waals surface area contributed by atoms with Gasteiger partial charge in [0.05, 0.1) is 27.5 Å². The minimum absolute atomic E-state index is 0.812. The van der Waals surface area contributed by atoms with Crippen LogP contribution in [0.15, 0.2) is 152 Å². The van der Waals surface area contributed by atoms with Gasteiger partial charge in [0, 0.05) is 36.8 Å². The molecule has 1 aliphatic rings. The molecule has 4 heteroatoms. The molecule has 0 N–H and O–H groups in total. The van der Waals surface area contributed by atoms with E-state index in [0.29, 0.717) is 0 Å². The van der Waals surface area contributed by atoms with Gasteiger partial charge in [-0.3, -0.25) is 4.57 Å². The van der Waals surface area contributed by atoms with Crippen molar-refractivity contribution in [2.75, 3.05) is 0 Å². The van der Waals surface area contributed by atoms with E-state index < -0.39 is 0 Å². The number of hydrogen-bond acceptors (Lipinski definition) is 3. The largest absolute Gasteiger partial charge is 0.296 e. The third-order valence-corrected chi connectivity index (χ3v) is 13.2. The Labute approximate surface area is 325 Å². The van der Waals surface area contributed by atoms with Gasteiger partial charge in [0.15, 0.2) is 5.82 Å². The van der Waals surface area contributed by atoms with Crippen LogP contribution in [0.2, 0.25) is 0 Å². The van der Waals surface area contributed by atoms with E-state index in [2.05, 4.69) is 168 Å². The molecule has 3 aromatic heterocycles. The highest BCUT2D eigenvalue weighted by atomic mass is 32.1. The lowest BCUT2D eigenvalue weighted by Crippen LogP contribution is -2.12. The SMILES string of the molecule is c1c(-c2nc3c(ccc4ccccc43)nc2-n2c3c(c4cc5ccccc5cc42)-c2c(c4ccccc4c4ccccc24)CC3)cc2sc3ccccc3c2c#1. The van der Waals surface area contributed by atoms with E-state index in [1.165, 1.54) is 74.9 Å². The first-order chi connectivity index (χ1) is 27.8. The summed E-state index contributed by atoms with van der Waals surface area (Å²) in [7, 11) is 0. The fraction of sp³-hybridized carbons (Fsp3) is 0.0385. The van der Waals surface area contributed by atoms with Crippen LogP contribution in [0.1, 0.15) is 11.3 Å². The van der Waals surface area contributed by atoms with Crippen molar-refractivity contribution < 1.29 is 0 Å². The van der Waals surface area contributed by atoms with Crippen LogP contribution in [0.4, 0.5) is 0 Å². The second kappa shape index (κ2) is 11.2. The average molecular weight is 728 g/mol. The van der Waals surface area contributed by atoms with Crippen LogP contribution in [0.25, 0.3) is 113 Å². The Balaban J connectivity index is 1.19. The molecule has 9 aromatic carbocycles. The molecule has 3 nitrogen and oxygen atoms in total. The minimum Gasteiger partial charge on any atom is -0.296 e. The lowest BCUT2D eigenvalue weighted by molar-refractivity contribution is 0.859. The van der Waals surface area contributed by atoms with Crippen LogP contribution >= 0.6 is 11.3 Å². The first kappa shape index (κ1) is 30.3. The zero-order valence-corrected chi connectivity index (χ0v) is 30.9. The molecular weight excluding hydrogens is 699 g/mol. The molecule has 0 fully saturated rings. The quantitative estimate of drug-likeness (QED) is 0.166. The van der Waals surface area contributed by atoms with Crippen molar-refractivity contribution in [1.82, 2.24) is 14.5 Å². The average Bonchev–Trinajstić information content (AvgIpc) is 3.79. The lowest BCUT2D eigenvalue weighted by Gasteiger charge is -2.24. The number of aromatic nitrogens is 3. The van der Waals surface area contributed by atoms with Gasteiger partial charge in [-0.2, -0.15) is 0 Å². The molecule has 0 bridgehead atoms. The topological polar surface area (TPSA) is 30.7 Å². The molecule has 0 amide bonds. The molecule has 3 heterocycles. The summed E-state index contributed by atoms with van der Waals surface area (Å²) in [4.78, 5) is 11.3. The summed E-state index contributed by atoms with van der Waals surface area (Å²) in [5, 5.41) is 13.5. The molecule has 12 aromatic rings. The Kier molecular flexibility index (Phi) is 6.08. The molecule has 1 aliphatic carbocycles. The summed E-state index contributed by atoms with van der Waals surface area (Å²) < 4.78 is 4.86. The number of hydrogen-bond donors (Lipinski definition) is 0. The Morgan fingerprint density at radius 1 is 0.500 bits per heavy atom. The smallest absolute Gasteiger partial charge is 0.165 e. The van der Waals surface area contributed by atoms with Gasteiger partial charge in [-0.1, -0.05) is 133 Å². The Bertz CT molecular complexity index is 3660. The Hall–Kier alpha value is -7.06. The molecule has 0 saturated heterocycles. The summed E-state index contributed by atoms with van der Waals surface area (Å²) in [5.41, 5.74) is 9.95. The maximum absolute atomic E-state index is 5.64. The third-order valence-electron chi connectivity index (χ3n) is 12.1. The van der Waals surface area contributed by atoms with Gasteiger partial charge in [0.1, 0.15) is 5.69 Å². The van der Waals surface area contributed by atoms with Crippen molar-refractivity contribution in [3.8, 4) is 28.2 Å².